The SMILES string of the molecule is O=C(O)Cc1nc(Cl)ccc1-c1ccccc1F. The number of carboxylic acid groups (broad SMARTS) is 1. The monoisotopic (exact) mass is 265 g/mol. The van der Waals surface area contributed by atoms with Crippen LogP contribution in [-0.2, 0) is 11.2 Å². The summed E-state index contributed by atoms with van der Waals surface area (Å²) >= 11 is 5.73. The summed E-state index contributed by atoms with van der Waals surface area (Å²) in [6, 6.07) is 9.22. The lowest BCUT2D eigenvalue weighted by Crippen LogP contribution is -2.05. The summed E-state index contributed by atoms with van der Waals surface area (Å²) in [5, 5.41) is 9.01. The molecule has 0 spiro atoms. The van der Waals surface area contributed by atoms with Gasteiger partial charge in [-0.3, -0.25) is 4.79 Å². The van der Waals surface area contributed by atoms with Crippen LogP contribution in [0.25, 0.3) is 11.1 Å². The van der Waals surface area contributed by atoms with Crippen LogP contribution in [-0.4, -0.2) is 16.1 Å². The van der Waals surface area contributed by atoms with Crippen LogP contribution in [0.5, 0.6) is 0 Å². The lowest BCUT2D eigenvalue weighted by Gasteiger charge is -2.08. The van der Waals surface area contributed by atoms with Crippen molar-refractivity contribution in [3.8, 4) is 11.1 Å². The molecule has 0 bridgehead atoms. The van der Waals surface area contributed by atoms with Crippen LogP contribution in [0.4, 0.5) is 4.39 Å². The Balaban J connectivity index is 2.57. The van der Waals surface area contributed by atoms with E-state index in [1.54, 1.807) is 24.3 Å². The van der Waals surface area contributed by atoms with Gasteiger partial charge in [0.1, 0.15) is 11.0 Å². The largest absolute Gasteiger partial charge is 0.481 e. The molecule has 0 amide bonds. The fraction of sp³-hybridized carbons (Fsp3) is 0.0769. The molecule has 2 rings (SSSR count). The molecule has 0 aliphatic heterocycles. The minimum atomic E-state index is -1.04. The molecule has 2 aromatic rings. The molecule has 0 radical (unpaired) electrons. The Kier molecular flexibility index (Phi) is 3.58. The number of aromatic nitrogens is 1. The number of carbonyl (C=O) groups is 1. The quantitative estimate of drug-likeness (QED) is 0.867. The van der Waals surface area contributed by atoms with Crippen molar-refractivity contribution in [3.63, 3.8) is 0 Å². The third-order valence-corrected chi connectivity index (χ3v) is 2.63. The highest BCUT2D eigenvalue weighted by molar-refractivity contribution is 6.29. The standard InChI is InChI=1S/C13H9ClFNO2/c14-12-6-5-9(11(16-12)7-13(17)18)8-3-1-2-4-10(8)15/h1-6H,7H2,(H,17,18). The van der Waals surface area contributed by atoms with Gasteiger partial charge in [-0.15, -0.1) is 0 Å². The van der Waals surface area contributed by atoms with Gasteiger partial charge >= 0.3 is 5.97 Å². The molecule has 3 nitrogen and oxygen atoms in total. The lowest BCUT2D eigenvalue weighted by molar-refractivity contribution is -0.136. The fourth-order valence-electron chi connectivity index (χ4n) is 1.68. The molecule has 1 heterocycles. The summed E-state index contributed by atoms with van der Waals surface area (Å²) in [6.45, 7) is 0. The zero-order chi connectivity index (χ0) is 13.1. The van der Waals surface area contributed by atoms with E-state index in [0.29, 0.717) is 11.1 Å². The molecule has 0 aliphatic rings. The Morgan fingerprint density at radius 2 is 1.94 bits per heavy atom. The van der Waals surface area contributed by atoms with Gasteiger partial charge in [-0.2, -0.15) is 0 Å². The minimum absolute atomic E-state index is 0.186. The molecule has 1 N–H and O–H groups in total. The number of carboxylic acids is 1. The Morgan fingerprint density at radius 3 is 2.61 bits per heavy atom. The van der Waals surface area contributed by atoms with E-state index in [2.05, 4.69) is 4.98 Å². The Morgan fingerprint density at radius 1 is 1.22 bits per heavy atom. The zero-order valence-electron chi connectivity index (χ0n) is 9.23. The number of hydrogen-bond acceptors (Lipinski definition) is 2. The topological polar surface area (TPSA) is 50.2 Å². The van der Waals surface area contributed by atoms with Crippen LogP contribution in [0.2, 0.25) is 5.15 Å². The van der Waals surface area contributed by atoms with Crippen molar-refractivity contribution in [2.45, 2.75) is 6.42 Å². The van der Waals surface area contributed by atoms with Crippen molar-refractivity contribution in [3.05, 3.63) is 53.1 Å². The van der Waals surface area contributed by atoms with Crippen molar-refractivity contribution in [1.29, 1.82) is 0 Å². The molecule has 0 atom stereocenters. The lowest BCUT2D eigenvalue weighted by atomic mass is 10.0. The minimum Gasteiger partial charge on any atom is -0.481 e. The van der Waals surface area contributed by atoms with E-state index in [1.807, 2.05) is 0 Å². The highest BCUT2D eigenvalue weighted by Crippen LogP contribution is 2.26. The maximum atomic E-state index is 13.7. The van der Waals surface area contributed by atoms with E-state index < -0.39 is 11.8 Å². The van der Waals surface area contributed by atoms with E-state index in [-0.39, 0.29) is 17.3 Å². The van der Waals surface area contributed by atoms with Crippen LogP contribution in [0.3, 0.4) is 0 Å². The van der Waals surface area contributed by atoms with E-state index >= 15 is 0 Å². The summed E-state index contributed by atoms with van der Waals surface area (Å²) in [7, 11) is 0. The van der Waals surface area contributed by atoms with Crippen LogP contribution < -0.4 is 0 Å². The predicted molar refractivity (Wildman–Crippen MR) is 66.0 cm³/mol. The molecule has 92 valence electrons. The number of benzene rings is 1. The molecule has 0 fully saturated rings. The Labute approximate surface area is 108 Å². The summed E-state index contributed by atoms with van der Waals surface area (Å²) in [4.78, 5) is 14.7. The van der Waals surface area contributed by atoms with E-state index in [0.717, 1.165) is 0 Å². The number of halogens is 2. The number of hydrogen-bond donors (Lipinski definition) is 1. The molecule has 0 saturated carbocycles. The summed E-state index contributed by atoms with van der Waals surface area (Å²) < 4.78 is 13.7. The molecule has 1 aromatic carbocycles. The predicted octanol–water partition coefficient (Wildman–Crippen LogP) is 3.17. The van der Waals surface area contributed by atoms with Gasteiger partial charge < -0.3 is 5.11 Å². The normalized spacial score (nSPS) is 10.3. The van der Waals surface area contributed by atoms with Crippen LogP contribution in [0, 0.1) is 5.82 Å². The number of nitrogens with zero attached hydrogens (tertiary/aromatic N) is 1. The molecule has 18 heavy (non-hydrogen) atoms. The molecule has 0 aliphatic carbocycles. The summed E-state index contributed by atoms with van der Waals surface area (Å²) in [5.41, 5.74) is 1.01. The zero-order valence-corrected chi connectivity index (χ0v) is 9.99. The van der Waals surface area contributed by atoms with Gasteiger partial charge in [0.2, 0.25) is 0 Å². The summed E-state index contributed by atoms with van der Waals surface area (Å²) in [5.74, 6) is -1.46. The average molecular weight is 266 g/mol. The second kappa shape index (κ2) is 5.14. The first-order valence-corrected chi connectivity index (χ1v) is 5.58. The molecule has 0 unspecified atom stereocenters. The van der Waals surface area contributed by atoms with Crippen LogP contribution >= 0.6 is 11.6 Å². The second-order valence-electron chi connectivity index (χ2n) is 3.68. The molecule has 5 heteroatoms. The number of aliphatic carboxylic acids is 1. The first-order chi connectivity index (χ1) is 8.58. The second-order valence-corrected chi connectivity index (χ2v) is 4.07. The van der Waals surface area contributed by atoms with Gasteiger partial charge in [0.15, 0.2) is 0 Å². The van der Waals surface area contributed by atoms with Gasteiger partial charge in [0.05, 0.1) is 12.1 Å². The van der Waals surface area contributed by atoms with Crippen molar-refractivity contribution < 1.29 is 14.3 Å². The first kappa shape index (κ1) is 12.5. The van der Waals surface area contributed by atoms with Gasteiger partial charge in [0, 0.05) is 11.1 Å². The van der Waals surface area contributed by atoms with Gasteiger partial charge in [-0.25, -0.2) is 9.37 Å². The van der Waals surface area contributed by atoms with Crippen molar-refractivity contribution >= 4 is 17.6 Å². The summed E-state index contributed by atoms with van der Waals surface area (Å²) in [6.07, 6.45) is -0.301. The van der Waals surface area contributed by atoms with Crippen LogP contribution in [0.1, 0.15) is 5.69 Å². The van der Waals surface area contributed by atoms with Crippen molar-refractivity contribution in [2.75, 3.05) is 0 Å². The van der Waals surface area contributed by atoms with E-state index in [1.165, 1.54) is 12.1 Å². The number of rotatable bonds is 3. The molecular formula is C13H9ClFNO2. The third-order valence-electron chi connectivity index (χ3n) is 2.42. The molecule has 0 saturated heterocycles. The van der Waals surface area contributed by atoms with Crippen molar-refractivity contribution in [2.24, 2.45) is 0 Å². The van der Waals surface area contributed by atoms with Crippen molar-refractivity contribution in [1.82, 2.24) is 4.98 Å². The molecule has 1 aromatic heterocycles. The maximum Gasteiger partial charge on any atom is 0.309 e. The number of pyridine rings is 1. The molecular weight excluding hydrogens is 257 g/mol. The first-order valence-electron chi connectivity index (χ1n) is 5.20. The smallest absolute Gasteiger partial charge is 0.309 e. The highest BCUT2D eigenvalue weighted by Gasteiger charge is 2.13. The highest BCUT2D eigenvalue weighted by atomic mass is 35.5. The maximum absolute atomic E-state index is 13.7. The van der Waals surface area contributed by atoms with Crippen LogP contribution in [0.15, 0.2) is 36.4 Å². The Hall–Kier alpha value is -1.94. The van der Waals surface area contributed by atoms with E-state index in [9.17, 15) is 9.18 Å². The Bertz CT molecular complexity index is 601. The fourth-order valence-corrected chi connectivity index (χ4v) is 1.84. The van der Waals surface area contributed by atoms with Gasteiger partial charge in [-0.1, -0.05) is 29.8 Å². The van der Waals surface area contributed by atoms with E-state index in [4.69, 9.17) is 16.7 Å². The van der Waals surface area contributed by atoms with Gasteiger partial charge in [0.25, 0.3) is 0 Å². The average Bonchev–Trinajstić information content (AvgIpc) is 2.30. The van der Waals surface area contributed by atoms with Gasteiger partial charge in [-0.05, 0) is 18.2 Å². The third kappa shape index (κ3) is 2.65.